The summed E-state index contributed by atoms with van der Waals surface area (Å²) in [6, 6.07) is 17.6. The molecule has 2 N–H and O–H groups in total. The summed E-state index contributed by atoms with van der Waals surface area (Å²) in [5.41, 5.74) is 2.75. The van der Waals surface area contributed by atoms with Crippen molar-refractivity contribution in [3.05, 3.63) is 88.9 Å². The summed E-state index contributed by atoms with van der Waals surface area (Å²) in [5.74, 6) is -1.03. The Kier molecular flexibility index (Phi) is 6.64. The quantitative estimate of drug-likeness (QED) is 0.584. The molecule has 3 aromatic rings. The number of carbonyl (C=O) groups excluding carboxylic acids is 3. The highest BCUT2D eigenvalue weighted by atomic mass is 16.5. The van der Waals surface area contributed by atoms with Crippen LogP contribution in [0.15, 0.2) is 65.1 Å². The number of ether oxygens (including phenoxy) is 1. The maximum Gasteiger partial charge on any atom is 0.374 e. The molecule has 3 rings (SSSR count). The van der Waals surface area contributed by atoms with Gasteiger partial charge in [-0.05, 0) is 43.7 Å². The Balaban J connectivity index is 1.57. The number of benzene rings is 2. The zero-order valence-corrected chi connectivity index (χ0v) is 16.7. The monoisotopic (exact) mass is 406 g/mol. The Labute approximate surface area is 174 Å². The Morgan fingerprint density at radius 1 is 0.933 bits per heavy atom. The van der Waals surface area contributed by atoms with Gasteiger partial charge in [-0.15, -0.1) is 0 Å². The Morgan fingerprint density at radius 3 is 2.37 bits per heavy atom. The van der Waals surface area contributed by atoms with Crippen molar-refractivity contribution in [3.63, 3.8) is 0 Å². The van der Waals surface area contributed by atoms with Crippen LogP contribution < -0.4 is 10.6 Å². The van der Waals surface area contributed by atoms with Crippen molar-refractivity contribution in [3.8, 4) is 0 Å². The molecule has 7 nitrogen and oxygen atoms in total. The van der Waals surface area contributed by atoms with E-state index in [4.69, 9.17) is 9.15 Å². The van der Waals surface area contributed by atoms with Crippen molar-refractivity contribution in [1.82, 2.24) is 5.32 Å². The summed E-state index contributed by atoms with van der Waals surface area (Å²) in [6.07, 6.45) is 0. The lowest BCUT2D eigenvalue weighted by Gasteiger charge is -2.12. The SMILES string of the molecule is Cc1ccc(CNC(=O)c2ccccc2NC(=O)COC(=O)c2ccc(C)o2)cc1. The van der Waals surface area contributed by atoms with Gasteiger partial charge in [0.25, 0.3) is 11.8 Å². The van der Waals surface area contributed by atoms with Crippen LogP contribution in [-0.2, 0) is 16.1 Å². The van der Waals surface area contributed by atoms with Crippen LogP contribution in [0.5, 0.6) is 0 Å². The van der Waals surface area contributed by atoms with Gasteiger partial charge in [0.1, 0.15) is 5.76 Å². The highest BCUT2D eigenvalue weighted by molar-refractivity contribution is 6.04. The maximum atomic E-state index is 12.6. The van der Waals surface area contributed by atoms with Gasteiger partial charge in [-0.25, -0.2) is 4.79 Å². The van der Waals surface area contributed by atoms with Crippen molar-refractivity contribution in [2.75, 3.05) is 11.9 Å². The molecule has 0 saturated heterocycles. The molecule has 0 aliphatic carbocycles. The molecule has 2 aromatic carbocycles. The molecule has 154 valence electrons. The van der Waals surface area contributed by atoms with E-state index in [0.717, 1.165) is 11.1 Å². The van der Waals surface area contributed by atoms with Crippen LogP contribution in [0.4, 0.5) is 5.69 Å². The van der Waals surface area contributed by atoms with E-state index < -0.39 is 18.5 Å². The number of para-hydroxylation sites is 1. The first-order valence-electron chi connectivity index (χ1n) is 9.38. The lowest BCUT2D eigenvalue weighted by Crippen LogP contribution is -2.26. The average Bonchev–Trinajstić information content (AvgIpc) is 3.18. The summed E-state index contributed by atoms with van der Waals surface area (Å²) in [6.45, 7) is 3.55. The van der Waals surface area contributed by atoms with Crippen LogP contribution in [0.1, 0.15) is 37.8 Å². The van der Waals surface area contributed by atoms with Gasteiger partial charge >= 0.3 is 5.97 Å². The zero-order valence-electron chi connectivity index (χ0n) is 16.7. The van der Waals surface area contributed by atoms with E-state index in [2.05, 4.69) is 10.6 Å². The third-order valence-corrected chi connectivity index (χ3v) is 4.30. The second-order valence-corrected chi connectivity index (χ2v) is 6.75. The van der Waals surface area contributed by atoms with E-state index in [1.54, 1.807) is 37.3 Å². The van der Waals surface area contributed by atoms with Gasteiger partial charge < -0.3 is 19.8 Å². The van der Waals surface area contributed by atoms with Crippen molar-refractivity contribution < 1.29 is 23.5 Å². The molecule has 0 fully saturated rings. The molecule has 0 aliphatic heterocycles. The van der Waals surface area contributed by atoms with Gasteiger partial charge in [-0.2, -0.15) is 0 Å². The van der Waals surface area contributed by atoms with Crippen LogP contribution in [0.3, 0.4) is 0 Å². The van der Waals surface area contributed by atoms with Crippen molar-refractivity contribution in [2.24, 2.45) is 0 Å². The fourth-order valence-corrected chi connectivity index (χ4v) is 2.71. The summed E-state index contributed by atoms with van der Waals surface area (Å²) in [7, 11) is 0. The van der Waals surface area contributed by atoms with Crippen molar-refractivity contribution in [1.29, 1.82) is 0 Å². The predicted molar refractivity (Wildman–Crippen MR) is 111 cm³/mol. The molecule has 2 amide bonds. The number of furan rings is 1. The van der Waals surface area contributed by atoms with E-state index >= 15 is 0 Å². The van der Waals surface area contributed by atoms with Crippen LogP contribution in [0, 0.1) is 13.8 Å². The van der Waals surface area contributed by atoms with Crippen LogP contribution in [0.2, 0.25) is 0 Å². The summed E-state index contributed by atoms with van der Waals surface area (Å²) < 4.78 is 10.1. The van der Waals surface area contributed by atoms with E-state index in [0.29, 0.717) is 23.6 Å². The molecule has 0 spiro atoms. The van der Waals surface area contributed by atoms with Crippen LogP contribution in [0.25, 0.3) is 0 Å². The normalized spacial score (nSPS) is 10.3. The highest BCUT2D eigenvalue weighted by Gasteiger charge is 2.16. The lowest BCUT2D eigenvalue weighted by molar-refractivity contribution is -0.119. The standard InChI is InChI=1S/C23H22N2O5/c1-15-7-10-17(11-8-15)13-24-22(27)18-5-3-4-6-19(18)25-21(26)14-29-23(28)20-12-9-16(2)30-20/h3-12H,13-14H2,1-2H3,(H,24,27)(H,25,26). The topological polar surface area (TPSA) is 97.6 Å². The van der Waals surface area contributed by atoms with Gasteiger partial charge in [0.05, 0.1) is 11.3 Å². The fourth-order valence-electron chi connectivity index (χ4n) is 2.71. The second kappa shape index (κ2) is 9.56. The molecule has 30 heavy (non-hydrogen) atoms. The molecule has 1 aromatic heterocycles. The summed E-state index contributed by atoms with van der Waals surface area (Å²) in [5, 5.41) is 5.44. The molecule has 7 heteroatoms. The Hall–Kier alpha value is -3.87. The van der Waals surface area contributed by atoms with Crippen LogP contribution in [-0.4, -0.2) is 24.4 Å². The number of esters is 1. The van der Waals surface area contributed by atoms with E-state index in [1.165, 1.54) is 6.07 Å². The molecule has 0 atom stereocenters. The first kappa shape index (κ1) is 20.9. The third-order valence-electron chi connectivity index (χ3n) is 4.30. The minimum absolute atomic E-state index is 0.0242. The second-order valence-electron chi connectivity index (χ2n) is 6.75. The molecule has 1 heterocycles. The fraction of sp³-hybridized carbons (Fsp3) is 0.174. The molecule has 0 radical (unpaired) electrons. The number of aryl methyl sites for hydroxylation is 2. The number of hydrogen-bond donors (Lipinski definition) is 2. The average molecular weight is 406 g/mol. The lowest BCUT2D eigenvalue weighted by atomic mass is 10.1. The highest BCUT2D eigenvalue weighted by Crippen LogP contribution is 2.15. The Morgan fingerprint density at radius 2 is 1.67 bits per heavy atom. The molecular formula is C23H22N2O5. The molecule has 0 bridgehead atoms. The van der Waals surface area contributed by atoms with Gasteiger partial charge in [0.2, 0.25) is 5.76 Å². The first-order chi connectivity index (χ1) is 14.4. The number of hydrogen-bond acceptors (Lipinski definition) is 5. The maximum absolute atomic E-state index is 12.6. The van der Waals surface area contributed by atoms with E-state index in [9.17, 15) is 14.4 Å². The number of carbonyl (C=O) groups is 3. The summed E-state index contributed by atoms with van der Waals surface area (Å²) >= 11 is 0. The molecule has 0 saturated carbocycles. The van der Waals surface area contributed by atoms with Gasteiger partial charge in [0, 0.05) is 6.54 Å². The minimum Gasteiger partial charge on any atom is -0.454 e. The Bertz CT molecular complexity index is 1050. The van der Waals surface area contributed by atoms with Crippen LogP contribution >= 0.6 is 0 Å². The number of rotatable bonds is 7. The van der Waals surface area contributed by atoms with Crippen molar-refractivity contribution >= 4 is 23.5 Å². The van der Waals surface area contributed by atoms with E-state index in [-0.39, 0.29) is 11.7 Å². The molecule has 0 aliphatic rings. The predicted octanol–water partition coefficient (Wildman–Crippen LogP) is 3.62. The first-order valence-corrected chi connectivity index (χ1v) is 9.38. The van der Waals surface area contributed by atoms with Gasteiger partial charge in [-0.3, -0.25) is 9.59 Å². The summed E-state index contributed by atoms with van der Waals surface area (Å²) in [4.78, 5) is 36.6. The van der Waals surface area contributed by atoms with E-state index in [1.807, 2.05) is 31.2 Å². The number of anilines is 1. The number of nitrogens with one attached hydrogen (secondary N) is 2. The number of amides is 2. The van der Waals surface area contributed by atoms with Crippen molar-refractivity contribution in [2.45, 2.75) is 20.4 Å². The molecule has 0 unspecified atom stereocenters. The largest absolute Gasteiger partial charge is 0.454 e. The molecular weight excluding hydrogens is 384 g/mol. The van der Waals surface area contributed by atoms with Gasteiger partial charge in [0.15, 0.2) is 6.61 Å². The third kappa shape index (κ3) is 5.57. The zero-order chi connectivity index (χ0) is 21.5. The van der Waals surface area contributed by atoms with Gasteiger partial charge in [-0.1, -0.05) is 42.0 Å². The minimum atomic E-state index is -0.734. The smallest absolute Gasteiger partial charge is 0.374 e.